The molecule has 10 heteroatoms. The quantitative estimate of drug-likeness (QED) is 0.650. The summed E-state index contributed by atoms with van der Waals surface area (Å²) < 4.78 is 32.1. The summed E-state index contributed by atoms with van der Waals surface area (Å²) in [5.74, 6) is 0.366. The minimum atomic E-state index is -2.55. The van der Waals surface area contributed by atoms with Crippen LogP contribution in [0.25, 0.3) is 16.2 Å². The molecule has 3 N–H and O–H groups in total. The minimum Gasteiger partial charge on any atom is -0.487 e. The highest BCUT2D eigenvalue weighted by Crippen LogP contribution is 2.34. The lowest BCUT2D eigenvalue weighted by Gasteiger charge is -2.37. The molecule has 0 saturated carbocycles. The van der Waals surface area contributed by atoms with Crippen LogP contribution in [-0.2, 0) is 0 Å². The van der Waals surface area contributed by atoms with Gasteiger partial charge in [-0.3, -0.25) is 0 Å². The molecule has 0 bridgehead atoms. The molecule has 1 aliphatic heterocycles. The van der Waals surface area contributed by atoms with Crippen LogP contribution in [0.3, 0.4) is 0 Å². The fraction of sp³-hybridized carbons (Fsp3) is 0.444. The van der Waals surface area contributed by atoms with Gasteiger partial charge in [0.15, 0.2) is 0 Å². The van der Waals surface area contributed by atoms with Crippen LogP contribution in [0.2, 0.25) is 0 Å². The van der Waals surface area contributed by atoms with Crippen molar-refractivity contribution in [1.29, 1.82) is 0 Å². The molecular weight excluding hydrogens is 388 g/mol. The summed E-state index contributed by atoms with van der Waals surface area (Å²) in [5.41, 5.74) is 6.18. The fourth-order valence-corrected chi connectivity index (χ4v) is 4.20. The Kier molecular flexibility index (Phi) is 5.17. The molecule has 1 saturated heterocycles. The molecule has 7 nitrogen and oxygen atoms in total. The number of para-hydroxylation sites is 1. The van der Waals surface area contributed by atoms with Gasteiger partial charge in [0.05, 0.1) is 17.5 Å². The molecule has 28 heavy (non-hydrogen) atoms. The lowest BCUT2D eigenvalue weighted by atomic mass is 9.92. The molecule has 1 fully saturated rings. The Morgan fingerprint density at radius 1 is 1.29 bits per heavy atom. The second-order valence-electron chi connectivity index (χ2n) is 6.84. The third kappa shape index (κ3) is 3.67. The molecule has 4 rings (SSSR count). The van der Waals surface area contributed by atoms with Crippen LogP contribution < -0.4 is 15.4 Å². The van der Waals surface area contributed by atoms with Crippen LogP contribution >= 0.6 is 11.3 Å². The maximum atomic E-state index is 12.6. The maximum absolute atomic E-state index is 12.6. The average molecular weight is 409 g/mol. The summed E-state index contributed by atoms with van der Waals surface area (Å²) in [6.45, 7) is 0.905. The number of halogens is 2. The SMILES string of the molecule is NCC1(O)CCN(c2nn3c(-c4ccccc4OCC(F)F)cnc3s2)CC1. The molecule has 0 unspecified atom stereocenters. The van der Waals surface area contributed by atoms with Crippen molar-refractivity contribution < 1.29 is 18.6 Å². The Hall–Kier alpha value is -2.30. The molecule has 150 valence electrons. The van der Waals surface area contributed by atoms with Gasteiger partial charge in [0.1, 0.15) is 12.4 Å². The predicted octanol–water partition coefficient (Wildman–Crippen LogP) is 2.39. The van der Waals surface area contributed by atoms with Gasteiger partial charge in [0.2, 0.25) is 10.1 Å². The van der Waals surface area contributed by atoms with Crippen LogP contribution in [0.1, 0.15) is 12.8 Å². The van der Waals surface area contributed by atoms with Gasteiger partial charge in [-0.05, 0) is 25.0 Å². The van der Waals surface area contributed by atoms with E-state index in [0.29, 0.717) is 47.9 Å². The van der Waals surface area contributed by atoms with Crippen LogP contribution in [0.4, 0.5) is 13.9 Å². The van der Waals surface area contributed by atoms with Gasteiger partial charge in [0.25, 0.3) is 6.43 Å². The van der Waals surface area contributed by atoms with Crippen molar-refractivity contribution in [3.63, 3.8) is 0 Å². The van der Waals surface area contributed by atoms with E-state index in [1.165, 1.54) is 11.3 Å². The number of aliphatic hydroxyl groups is 1. The van der Waals surface area contributed by atoms with Crippen LogP contribution in [0.5, 0.6) is 5.75 Å². The number of rotatable bonds is 6. The smallest absolute Gasteiger partial charge is 0.272 e. The maximum Gasteiger partial charge on any atom is 0.272 e. The van der Waals surface area contributed by atoms with Gasteiger partial charge in [-0.2, -0.15) is 0 Å². The van der Waals surface area contributed by atoms with Crippen molar-refractivity contribution in [2.24, 2.45) is 5.73 Å². The number of benzene rings is 1. The Morgan fingerprint density at radius 2 is 2.04 bits per heavy atom. The number of piperidine rings is 1. The van der Waals surface area contributed by atoms with Crippen molar-refractivity contribution in [3.8, 4) is 17.0 Å². The largest absolute Gasteiger partial charge is 0.487 e. The Morgan fingerprint density at radius 3 is 2.75 bits per heavy atom. The van der Waals surface area contributed by atoms with Crippen LogP contribution in [0.15, 0.2) is 30.5 Å². The van der Waals surface area contributed by atoms with E-state index in [1.807, 2.05) is 6.07 Å². The minimum absolute atomic E-state index is 0.252. The van der Waals surface area contributed by atoms with Gasteiger partial charge < -0.3 is 20.5 Å². The lowest BCUT2D eigenvalue weighted by molar-refractivity contribution is 0.0249. The van der Waals surface area contributed by atoms with E-state index in [4.69, 9.17) is 10.5 Å². The van der Waals surface area contributed by atoms with E-state index in [2.05, 4.69) is 15.0 Å². The molecule has 0 radical (unpaired) electrons. The summed E-state index contributed by atoms with van der Waals surface area (Å²) in [4.78, 5) is 7.22. The van der Waals surface area contributed by atoms with E-state index in [9.17, 15) is 13.9 Å². The standard InChI is InChI=1S/C18H21F2N5O2S/c19-15(20)10-27-14-4-2-1-3-12(14)13-9-22-16-25(13)23-17(28-16)24-7-5-18(26,11-21)6-8-24/h1-4,9,15,26H,5-8,10-11,21H2. The van der Waals surface area contributed by atoms with Gasteiger partial charge in [-0.25, -0.2) is 18.3 Å². The third-order valence-electron chi connectivity index (χ3n) is 4.95. The molecule has 0 atom stereocenters. The molecule has 0 amide bonds. The molecule has 1 aliphatic rings. The number of nitrogens with two attached hydrogens (primary N) is 1. The number of hydrogen-bond donors (Lipinski definition) is 2. The first-order valence-electron chi connectivity index (χ1n) is 9.01. The summed E-state index contributed by atoms with van der Waals surface area (Å²) in [6.07, 6.45) is 0.289. The fourth-order valence-electron chi connectivity index (χ4n) is 3.27. The second kappa shape index (κ2) is 7.61. The zero-order chi connectivity index (χ0) is 19.7. The summed E-state index contributed by atoms with van der Waals surface area (Å²) in [6, 6.07) is 7.01. The molecule has 2 aromatic heterocycles. The average Bonchev–Trinajstić information content (AvgIpc) is 3.28. The first kappa shape index (κ1) is 19.0. The monoisotopic (exact) mass is 409 g/mol. The number of alkyl halides is 2. The van der Waals surface area contributed by atoms with E-state index < -0.39 is 18.6 Å². The van der Waals surface area contributed by atoms with Gasteiger partial charge >= 0.3 is 0 Å². The van der Waals surface area contributed by atoms with Gasteiger partial charge in [-0.1, -0.05) is 23.5 Å². The highest BCUT2D eigenvalue weighted by molar-refractivity contribution is 7.20. The molecule has 0 aliphatic carbocycles. The molecule has 3 heterocycles. The zero-order valence-electron chi connectivity index (χ0n) is 15.1. The zero-order valence-corrected chi connectivity index (χ0v) is 15.9. The highest BCUT2D eigenvalue weighted by Gasteiger charge is 2.32. The predicted molar refractivity (Wildman–Crippen MR) is 103 cm³/mol. The Bertz CT molecular complexity index is 953. The number of imidazole rings is 1. The number of aromatic nitrogens is 3. The topological polar surface area (TPSA) is 88.9 Å². The number of anilines is 1. The Labute approximate surface area is 164 Å². The first-order chi connectivity index (χ1) is 13.5. The summed E-state index contributed by atoms with van der Waals surface area (Å²) >= 11 is 1.44. The number of hydrogen-bond acceptors (Lipinski definition) is 7. The second-order valence-corrected chi connectivity index (χ2v) is 7.77. The van der Waals surface area contributed by atoms with Crippen molar-refractivity contribution in [1.82, 2.24) is 14.6 Å². The van der Waals surface area contributed by atoms with E-state index in [1.54, 1.807) is 28.9 Å². The van der Waals surface area contributed by atoms with Gasteiger partial charge in [0, 0.05) is 25.2 Å². The van der Waals surface area contributed by atoms with E-state index in [0.717, 1.165) is 5.13 Å². The van der Waals surface area contributed by atoms with Crippen molar-refractivity contribution >= 4 is 21.4 Å². The highest BCUT2D eigenvalue weighted by atomic mass is 32.1. The molecular formula is C18H21F2N5O2S. The number of ether oxygens (including phenoxy) is 1. The van der Waals surface area contributed by atoms with E-state index >= 15 is 0 Å². The van der Waals surface area contributed by atoms with Crippen LogP contribution in [-0.4, -0.2) is 58.0 Å². The first-order valence-corrected chi connectivity index (χ1v) is 9.83. The molecule has 0 spiro atoms. The molecule has 3 aromatic rings. The van der Waals surface area contributed by atoms with Crippen molar-refractivity contribution in [2.45, 2.75) is 24.9 Å². The molecule has 1 aromatic carbocycles. The van der Waals surface area contributed by atoms with E-state index in [-0.39, 0.29) is 6.54 Å². The van der Waals surface area contributed by atoms with Gasteiger partial charge in [-0.15, -0.1) is 5.10 Å². The van der Waals surface area contributed by atoms with Crippen LogP contribution in [0, 0.1) is 0 Å². The Balaban J connectivity index is 1.61. The lowest BCUT2D eigenvalue weighted by Crippen LogP contribution is -2.48. The summed E-state index contributed by atoms with van der Waals surface area (Å²) in [7, 11) is 0. The number of fused-ring (bicyclic) bond motifs is 1. The van der Waals surface area contributed by atoms with Crippen molar-refractivity contribution in [2.75, 3.05) is 31.1 Å². The van der Waals surface area contributed by atoms with Crippen molar-refractivity contribution in [3.05, 3.63) is 30.5 Å². The normalized spacial score (nSPS) is 16.8. The number of nitrogens with zero attached hydrogens (tertiary/aromatic N) is 4. The third-order valence-corrected chi connectivity index (χ3v) is 5.93. The summed E-state index contributed by atoms with van der Waals surface area (Å²) in [5, 5.41) is 15.8.